The van der Waals surface area contributed by atoms with Crippen molar-refractivity contribution in [2.45, 2.75) is 57.3 Å². The van der Waals surface area contributed by atoms with Crippen molar-refractivity contribution in [3.63, 3.8) is 0 Å². The van der Waals surface area contributed by atoms with Crippen molar-refractivity contribution in [1.82, 2.24) is 4.90 Å². The molecule has 1 saturated heterocycles. The molecule has 1 saturated carbocycles. The van der Waals surface area contributed by atoms with E-state index in [9.17, 15) is 5.11 Å². The molecule has 0 radical (unpaired) electrons. The lowest BCUT2D eigenvalue weighted by Gasteiger charge is -2.25. The molecule has 0 amide bonds. The van der Waals surface area contributed by atoms with Gasteiger partial charge in [0.05, 0.1) is 17.2 Å². The van der Waals surface area contributed by atoms with Crippen molar-refractivity contribution in [2.75, 3.05) is 19.6 Å². The molecule has 0 bridgehead atoms. The monoisotopic (exact) mass is 352 g/mol. The quantitative estimate of drug-likeness (QED) is 0.824. The molecule has 3 N–H and O–H groups in total. The minimum Gasteiger partial charge on any atom is -0.489 e. The van der Waals surface area contributed by atoms with Crippen LogP contribution in [0.25, 0.3) is 0 Å². The molecule has 4 atom stereocenters. The van der Waals surface area contributed by atoms with Gasteiger partial charge in [-0.05, 0) is 68.8 Å². The Labute approximate surface area is 149 Å². The number of hydrogen-bond donors (Lipinski definition) is 2. The van der Waals surface area contributed by atoms with Gasteiger partial charge in [-0.2, -0.15) is 0 Å². The van der Waals surface area contributed by atoms with Gasteiger partial charge in [-0.15, -0.1) is 0 Å². The molecule has 1 aromatic carbocycles. The van der Waals surface area contributed by atoms with Gasteiger partial charge in [0.15, 0.2) is 0 Å². The highest BCUT2D eigenvalue weighted by atomic mass is 35.5. The summed E-state index contributed by atoms with van der Waals surface area (Å²) in [5.74, 6) is 1.43. The number of hydrogen-bond acceptors (Lipinski definition) is 4. The van der Waals surface area contributed by atoms with Crippen LogP contribution in [-0.2, 0) is 0 Å². The predicted molar refractivity (Wildman–Crippen MR) is 97.5 cm³/mol. The number of aliphatic hydroxyl groups is 1. The molecular weight excluding hydrogens is 324 g/mol. The largest absolute Gasteiger partial charge is 0.489 e. The molecule has 2 fully saturated rings. The van der Waals surface area contributed by atoms with Crippen LogP contribution < -0.4 is 10.5 Å². The van der Waals surface area contributed by atoms with Gasteiger partial charge in [0.2, 0.25) is 0 Å². The highest BCUT2D eigenvalue weighted by molar-refractivity contribution is 6.32. The third-order valence-electron chi connectivity index (χ3n) is 5.31. The molecule has 1 unspecified atom stereocenters. The van der Waals surface area contributed by atoms with E-state index >= 15 is 0 Å². The summed E-state index contributed by atoms with van der Waals surface area (Å²) in [7, 11) is 0. The first-order chi connectivity index (χ1) is 11.5. The first kappa shape index (κ1) is 18.0. The lowest BCUT2D eigenvalue weighted by Crippen LogP contribution is -2.40. The topological polar surface area (TPSA) is 58.7 Å². The number of rotatable bonds is 6. The highest BCUT2D eigenvalue weighted by Gasteiger charge is 2.25. The third kappa shape index (κ3) is 4.42. The van der Waals surface area contributed by atoms with Crippen LogP contribution >= 0.6 is 11.6 Å². The minimum absolute atomic E-state index is 0.255. The van der Waals surface area contributed by atoms with Crippen LogP contribution in [0.1, 0.15) is 50.7 Å². The van der Waals surface area contributed by atoms with Gasteiger partial charge in [0.1, 0.15) is 5.75 Å². The number of halogens is 1. The van der Waals surface area contributed by atoms with Crippen LogP contribution in [0.3, 0.4) is 0 Å². The lowest BCUT2D eigenvalue weighted by molar-refractivity contribution is 0.125. The van der Waals surface area contributed by atoms with E-state index in [1.54, 1.807) is 6.07 Å². The predicted octanol–water partition coefficient (Wildman–Crippen LogP) is 3.36. The van der Waals surface area contributed by atoms with Crippen molar-refractivity contribution in [2.24, 2.45) is 11.7 Å². The summed E-state index contributed by atoms with van der Waals surface area (Å²) in [6.45, 7) is 5.13. The summed E-state index contributed by atoms with van der Waals surface area (Å²) < 4.78 is 6.03. The fraction of sp³-hybridized carbons (Fsp3) is 0.684. The van der Waals surface area contributed by atoms with Crippen LogP contribution in [0, 0.1) is 5.92 Å². The number of nitrogens with two attached hydrogens (primary N) is 1. The van der Waals surface area contributed by atoms with Crippen molar-refractivity contribution in [3.05, 3.63) is 28.8 Å². The van der Waals surface area contributed by atoms with Crippen molar-refractivity contribution < 1.29 is 9.84 Å². The number of nitrogens with zero attached hydrogens (tertiary/aromatic N) is 1. The van der Waals surface area contributed by atoms with Gasteiger partial charge in [-0.1, -0.05) is 24.6 Å². The molecule has 134 valence electrons. The Hall–Kier alpha value is -0.810. The van der Waals surface area contributed by atoms with Crippen molar-refractivity contribution in [1.29, 1.82) is 0 Å². The summed E-state index contributed by atoms with van der Waals surface area (Å²) in [4.78, 5) is 2.31. The van der Waals surface area contributed by atoms with Gasteiger partial charge in [0.25, 0.3) is 0 Å². The van der Waals surface area contributed by atoms with E-state index in [2.05, 4.69) is 11.8 Å². The molecule has 1 heterocycles. The first-order valence-corrected chi connectivity index (χ1v) is 9.53. The summed E-state index contributed by atoms with van der Waals surface area (Å²) in [6, 6.07) is 5.24. The van der Waals surface area contributed by atoms with Crippen molar-refractivity contribution in [3.8, 4) is 5.75 Å². The van der Waals surface area contributed by atoms with E-state index in [0.29, 0.717) is 10.8 Å². The lowest BCUT2D eigenvalue weighted by atomic mass is 10.0. The minimum atomic E-state index is -0.705. The summed E-state index contributed by atoms with van der Waals surface area (Å²) in [5.41, 5.74) is 6.96. The number of ether oxygens (including phenoxy) is 1. The highest BCUT2D eigenvalue weighted by Crippen LogP contribution is 2.34. The van der Waals surface area contributed by atoms with Crippen LogP contribution in [0.5, 0.6) is 5.75 Å². The molecule has 0 aromatic heterocycles. The Kier molecular flexibility index (Phi) is 6.03. The van der Waals surface area contributed by atoms with Crippen LogP contribution in [0.2, 0.25) is 5.02 Å². The van der Waals surface area contributed by atoms with Gasteiger partial charge in [0, 0.05) is 12.6 Å². The Morgan fingerprint density at radius 3 is 2.71 bits per heavy atom. The van der Waals surface area contributed by atoms with Gasteiger partial charge in [-0.25, -0.2) is 0 Å². The van der Waals surface area contributed by atoms with E-state index in [0.717, 1.165) is 44.0 Å². The second-order valence-corrected chi connectivity index (χ2v) is 7.87. The van der Waals surface area contributed by atoms with Gasteiger partial charge in [-0.3, -0.25) is 0 Å². The molecule has 1 aliphatic heterocycles. The Morgan fingerprint density at radius 1 is 1.33 bits per heavy atom. The molecule has 2 aliphatic rings. The van der Waals surface area contributed by atoms with Gasteiger partial charge < -0.3 is 20.5 Å². The normalized spacial score (nSPS) is 27.3. The second-order valence-electron chi connectivity index (χ2n) is 7.46. The van der Waals surface area contributed by atoms with Crippen molar-refractivity contribution >= 4 is 11.6 Å². The van der Waals surface area contributed by atoms with E-state index in [4.69, 9.17) is 22.1 Å². The van der Waals surface area contributed by atoms with Gasteiger partial charge >= 0.3 is 0 Å². The molecule has 24 heavy (non-hydrogen) atoms. The van der Waals surface area contributed by atoms with E-state index in [-0.39, 0.29) is 12.1 Å². The molecule has 1 aliphatic carbocycles. The van der Waals surface area contributed by atoms with Crippen LogP contribution in [0.4, 0.5) is 0 Å². The SMILES string of the molecule is C[C@@H]1CCC(Oc2ccc([C@@H](O)[C@H](N)CN3CCCC3)cc2Cl)C1. The van der Waals surface area contributed by atoms with Crippen LogP contribution in [-0.4, -0.2) is 41.8 Å². The average molecular weight is 353 g/mol. The Bertz CT molecular complexity index is 548. The number of likely N-dealkylation sites (tertiary alicyclic amines) is 1. The number of benzene rings is 1. The Morgan fingerprint density at radius 2 is 2.08 bits per heavy atom. The number of aliphatic hydroxyl groups excluding tert-OH is 1. The standard InChI is InChI=1S/C19H29ClN2O2/c1-13-4-6-15(10-13)24-18-7-5-14(11-16(18)20)19(23)17(21)12-22-8-2-3-9-22/h5,7,11,13,15,17,19,23H,2-4,6,8-10,12,21H2,1H3/t13-,15?,17-,19-/m1/s1. The third-order valence-corrected chi connectivity index (χ3v) is 5.61. The molecular formula is C19H29ClN2O2. The van der Waals surface area contributed by atoms with E-state index in [1.807, 2.05) is 12.1 Å². The summed E-state index contributed by atoms with van der Waals surface area (Å²) >= 11 is 6.38. The smallest absolute Gasteiger partial charge is 0.138 e. The summed E-state index contributed by atoms with van der Waals surface area (Å²) in [5, 5.41) is 11.1. The maximum atomic E-state index is 10.5. The van der Waals surface area contributed by atoms with E-state index < -0.39 is 6.10 Å². The zero-order valence-electron chi connectivity index (χ0n) is 14.5. The fourth-order valence-electron chi connectivity index (χ4n) is 3.85. The Balaban J connectivity index is 1.60. The average Bonchev–Trinajstić information content (AvgIpc) is 3.20. The molecule has 4 nitrogen and oxygen atoms in total. The van der Waals surface area contributed by atoms with Crippen LogP contribution in [0.15, 0.2) is 18.2 Å². The van der Waals surface area contributed by atoms with E-state index in [1.165, 1.54) is 19.3 Å². The fourth-order valence-corrected chi connectivity index (χ4v) is 4.08. The maximum absolute atomic E-state index is 10.5. The molecule has 1 aromatic rings. The summed E-state index contributed by atoms with van der Waals surface area (Å²) in [6.07, 6.45) is 5.38. The first-order valence-electron chi connectivity index (χ1n) is 9.15. The maximum Gasteiger partial charge on any atom is 0.138 e. The molecule has 5 heteroatoms. The zero-order valence-corrected chi connectivity index (χ0v) is 15.2. The zero-order chi connectivity index (χ0) is 17.1. The molecule has 0 spiro atoms. The second kappa shape index (κ2) is 8.05. The molecule has 3 rings (SSSR count).